The van der Waals surface area contributed by atoms with Crippen molar-refractivity contribution in [1.29, 1.82) is 0 Å². The zero-order valence-corrected chi connectivity index (χ0v) is 12.1. The SMILES string of the molecule is CC(C)Oc1nc(N)nc(N2CCC(C)C(C)C2)n1. The third kappa shape index (κ3) is 3.45. The van der Waals surface area contributed by atoms with E-state index in [1.807, 2.05) is 13.8 Å². The molecule has 6 heteroatoms. The van der Waals surface area contributed by atoms with Crippen LogP contribution in [0.3, 0.4) is 0 Å². The number of nitrogen functional groups attached to an aromatic ring is 1. The Bertz CT molecular complexity index is 437. The number of hydrogen-bond acceptors (Lipinski definition) is 6. The van der Waals surface area contributed by atoms with Crippen molar-refractivity contribution in [1.82, 2.24) is 15.0 Å². The lowest BCUT2D eigenvalue weighted by molar-refractivity contribution is 0.221. The number of ether oxygens (including phenoxy) is 1. The lowest BCUT2D eigenvalue weighted by Crippen LogP contribution is -2.39. The second-order valence-electron chi connectivity index (χ2n) is 5.63. The van der Waals surface area contributed by atoms with Gasteiger partial charge >= 0.3 is 6.01 Å². The summed E-state index contributed by atoms with van der Waals surface area (Å²) in [6.45, 7) is 10.3. The van der Waals surface area contributed by atoms with E-state index in [1.165, 1.54) is 0 Å². The van der Waals surface area contributed by atoms with E-state index in [-0.39, 0.29) is 12.1 Å². The van der Waals surface area contributed by atoms with Gasteiger partial charge in [-0.05, 0) is 32.1 Å². The van der Waals surface area contributed by atoms with E-state index < -0.39 is 0 Å². The quantitative estimate of drug-likeness (QED) is 0.896. The van der Waals surface area contributed by atoms with Crippen LogP contribution in [0.2, 0.25) is 0 Å². The van der Waals surface area contributed by atoms with Crippen molar-refractivity contribution in [3.63, 3.8) is 0 Å². The molecule has 2 N–H and O–H groups in total. The average molecular weight is 265 g/mol. The zero-order valence-electron chi connectivity index (χ0n) is 12.1. The maximum Gasteiger partial charge on any atom is 0.323 e. The van der Waals surface area contributed by atoms with Crippen LogP contribution in [0.15, 0.2) is 0 Å². The van der Waals surface area contributed by atoms with E-state index in [9.17, 15) is 0 Å². The number of piperidine rings is 1. The summed E-state index contributed by atoms with van der Waals surface area (Å²) in [4.78, 5) is 14.8. The van der Waals surface area contributed by atoms with Crippen molar-refractivity contribution in [3.05, 3.63) is 0 Å². The maximum absolute atomic E-state index is 5.73. The van der Waals surface area contributed by atoms with Crippen molar-refractivity contribution >= 4 is 11.9 Å². The van der Waals surface area contributed by atoms with E-state index in [0.717, 1.165) is 25.4 Å². The van der Waals surface area contributed by atoms with Gasteiger partial charge in [0, 0.05) is 13.1 Å². The predicted molar refractivity (Wildman–Crippen MR) is 75.2 cm³/mol. The second-order valence-corrected chi connectivity index (χ2v) is 5.63. The number of aromatic nitrogens is 3. The molecule has 2 unspecified atom stereocenters. The van der Waals surface area contributed by atoms with Crippen molar-refractivity contribution in [3.8, 4) is 6.01 Å². The first-order chi connectivity index (χ1) is 8.95. The molecule has 0 bridgehead atoms. The summed E-state index contributed by atoms with van der Waals surface area (Å²) in [5.41, 5.74) is 5.73. The van der Waals surface area contributed by atoms with Gasteiger partial charge in [-0.25, -0.2) is 0 Å². The Hall–Kier alpha value is -1.59. The molecule has 1 aliphatic rings. The van der Waals surface area contributed by atoms with Gasteiger partial charge in [-0.2, -0.15) is 15.0 Å². The van der Waals surface area contributed by atoms with Crippen LogP contribution in [0.1, 0.15) is 34.1 Å². The summed E-state index contributed by atoms with van der Waals surface area (Å²) in [5.74, 6) is 2.21. The Morgan fingerprint density at radius 3 is 2.58 bits per heavy atom. The van der Waals surface area contributed by atoms with Crippen LogP contribution in [0.4, 0.5) is 11.9 Å². The average Bonchev–Trinajstić information content (AvgIpc) is 2.31. The van der Waals surface area contributed by atoms with E-state index in [1.54, 1.807) is 0 Å². The minimum atomic E-state index is 0.0231. The van der Waals surface area contributed by atoms with E-state index in [0.29, 0.717) is 17.9 Å². The van der Waals surface area contributed by atoms with Crippen LogP contribution in [0.25, 0.3) is 0 Å². The van der Waals surface area contributed by atoms with Gasteiger partial charge in [0.2, 0.25) is 11.9 Å². The summed E-state index contributed by atoms with van der Waals surface area (Å²) in [5, 5.41) is 0. The molecule has 0 radical (unpaired) electrons. The Balaban J connectivity index is 2.17. The Kier molecular flexibility index (Phi) is 4.07. The monoisotopic (exact) mass is 265 g/mol. The molecule has 0 aliphatic carbocycles. The molecular weight excluding hydrogens is 242 g/mol. The molecule has 1 aliphatic heterocycles. The van der Waals surface area contributed by atoms with E-state index in [2.05, 4.69) is 33.7 Å². The topological polar surface area (TPSA) is 77.2 Å². The van der Waals surface area contributed by atoms with Crippen LogP contribution in [0.5, 0.6) is 6.01 Å². The van der Waals surface area contributed by atoms with Crippen LogP contribution in [-0.2, 0) is 0 Å². The minimum Gasteiger partial charge on any atom is -0.461 e. The summed E-state index contributed by atoms with van der Waals surface area (Å²) >= 11 is 0. The molecule has 6 nitrogen and oxygen atoms in total. The van der Waals surface area contributed by atoms with Gasteiger partial charge in [-0.3, -0.25) is 0 Å². The third-order valence-electron chi connectivity index (χ3n) is 3.58. The number of rotatable bonds is 3. The first kappa shape index (κ1) is 13.8. The molecule has 1 saturated heterocycles. The highest BCUT2D eigenvalue weighted by Gasteiger charge is 2.25. The van der Waals surface area contributed by atoms with Gasteiger partial charge in [0.25, 0.3) is 0 Å². The molecule has 0 saturated carbocycles. The Morgan fingerprint density at radius 1 is 1.21 bits per heavy atom. The molecule has 0 aromatic carbocycles. The summed E-state index contributed by atoms with van der Waals surface area (Å²) < 4.78 is 5.51. The first-order valence-electron chi connectivity index (χ1n) is 6.89. The lowest BCUT2D eigenvalue weighted by Gasteiger charge is -2.35. The summed E-state index contributed by atoms with van der Waals surface area (Å²) in [6.07, 6.45) is 1.17. The molecule has 1 aromatic heterocycles. The molecule has 1 fully saturated rings. The highest BCUT2D eigenvalue weighted by molar-refractivity contribution is 5.36. The van der Waals surface area contributed by atoms with E-state index >= 15 is 0 Å². The normalized spacial score (nSPS) is 23.7. The van der Waals surface area contributed by atoms with Crippen molar-refractivity contribution in [2.24, 2.45) is 11.8 Å². The molecule has 1 aromatic rings. The number of anilines is 2. The molecule has 19 heavy (non-hydrogen) atoms. The molecule has 106 valence electrons. The van der Waals surface area contributed by atoms with E-state index in [4.69, 9.17) is 10.5 Å². The summed E-state index contributed by atoms with van der Waals surface area (Å²) in [7, 11) is 0. The fourth-order valence-electron chi connectivity index (χ4n) is 2.21. The maximum atomic E-state index is 5.73. The van der Waals surface area contributed by atoms with Crippen LogP contribution < -0.4 is 15.4 Å². The van der Waals surface area contributed by atoms with Gasteiger partial charge in [0.05, 0.1) is 6.10 Å². The van der Waals surface area contributed by atoms with Crippen molar-refractivity contribution < 1.29 is 4.74 Å². The van der Waals surface area contributed by atoms with Gasteiger partial charge in [-0.1, -0.05) is 13.8 Å². The lowest BCUT2D eigenvalue weighted by atomic mass is 9.89. The van der Waals surface area contributed by atoms with Gasteiger partial charge in [0.1, 0.15) is 0 Å². The number of hydrogen-bond donors (Lipinski definition) is 1. The Labute approximate surface area is 114 Å². The highest BCUT2D eigenvalue weighted by atomic mass is 16.5. The fraction of sp³-hybridized carbons (Fsp3) is 0.769. The van der Waals surface area contributed by atoms with Gasteiger partial charge in [-0.15, -0.1) is 0 Å². The third-order valence-corrected chi connectivity index (χ3v) is 3.58. The standard InChI is InChI=1S/C13H23N5O/c1-8(2)19-13-16-11(14)15-12(17-13)18-6-5-9(3)10(4)7-18/h8-10H,5-7H2,1-4H3,(H2,14,15,16,17). The largest absolute Gasteiger partial charge is 0.461 e. The molecule has 0 spiro atoms. The second kappa shape index (κ2) is 5.59. The molecule has 0 amide bonds. The summed E-state index contributed by atoms with van der Waals surface area (Å²) in [6, 6.07) is 0.309. The number of nitrogens with two attached hydrogens (primary N) is 1. The van der Waals surface area contributed by atoms with Crippen molar-refractivity contribution in [2.45, 2.75) is 40.2 Å². The smallest absolute Gasteiger partial charge is 0.323 e. The Morgan fingerprint density at radius 2 is 1.95 bits per heavy atom. The molecule has 2 heterocycles. The van der Waals surface area contributed by atoms with Crippen LogP contribution >= 0.6 is 0 Å². The molecule has 2 atom stereocenters. The predicted octanol–water partition coefficient (Wildman–Crippen LogP) is 1.72. The first-order valence-corrected chi connectivity index (χ1v) is 6.89. The number of nitrogens with zero attached hydrogens (tertiary/aromatic N) is 4. The van der Waals surface area contributed by atoms with Gasteiger partial charge in [0.15, 0.2) is 0 Å². The van der Waals surface area contributed by atoms with Crippen LogP contribution in [0, 0.1) is 11.8 Å². The van der Waals surface area contributed by atoms with Crippen LogP contribution in [-0.4, -0.2) is 34.1 Å². The zero-order chi connectivity index (χ0) is 14.0. The van der Waals surface area contributed by atoms with Crippen molar-refractivity contribution in [2.75, 3.05) is 23.7 Å². The highest BCUT2D eigenvalue weighted by Crippen LogP contribution is 2.25. The molecular formula is C13H23N5O. The van der Waals surface area contributed by atoms with Gasteiger partial charge < -0.3 is 15.4 Å². The minimum absolute atomic E-state index is 0.0231. The molecule has 2 rings (SSSR count). The fourth-order valence-corrected chi connectivity index (χ4v) is 2.21.